The summed E-state index contributed by atoms with van der Waals surface area (Å²) in [6.07, 6.45) is 5.10. The molecule has 2 rings (SSSR count). The highest BCUT2D eigenvalue weighted by Gasteiger charge is 1.97. The van der Waals surface area contributed by atoms with Crippen molar-refractivity contribution >= 4 is 23.2 Å². The second-order valence-electron chi connectivity index (χ2n) is 3.64. The third-order valence-corrected chi connectivity index (χ3v) is 2.27. The number of nitrogens with two attached hydrogens (primary N) is 1. The largest absolute Gasteiger partial charge is 0.330 e. The van der Waals surface area contributed by atoms with Crippen LogP contribution in [0.25, 0.3) is 11.0 Å². The number of hydrazone groups is 1. The van der Waals surface area contributed by atoms with Gasteiger partial charge in [0.15, 0.2) is 0 Å². The minimum Gasteiger partial charge on any atom is -0.330 e. The lowest BCUT2D eigenvalue weighted by Crippen LogP contribution is -2.20. The van der Waals surface area contributed by atoms with Gasteiger partial charge >= 0.3 is 0 Å². The first kappa shape index (κ1) is 12.1. The zero-order chi connectivity index (χ0) is 12.8. The molecular weight excluding hydrogens is 230 g/mol. The van der Waals surface area contributed by atoms with Gasteiger partial charge in [-0.2, -0.15) is 5.10 Å². The van der Waals surface area contributed by atoms with Crippen molar-refractivity contribution in [2.24, 2.45) is 10.8 Å². The number of rotatable bonds is 4. The van der Waals surface area contributed by atoms with E-state index in [0.29, 0.717) is 6.54 Å². The van der Waals surface area contributed by atoms with E-state index in [9.17, 15) is 4.79 Å². The van der Waals surface area contributed by atoms with Crippen molar-refractivity contribution in [2.75, 3.05) is 6.54 Å². The Kier molecular flexibility index (Phi) is 3.93. The number of hydrogen-bond donors (Lipinski definition) is 2. The molecule has 0 saturated heterocycles. The van der Waals surface area contributed by atoms with Crippen LogP contribution in [0.2, 0.25) is 0 Å². The number of carbonyl (C=O) groups is 1. The summed E-state index contributed by atoms with van der Waals surface area (Å²) in [5.74, 6) is -0.200. The molecule has 6 heteroatoms. The first-order chi connectivity index (χ1) is 8.79. The highest BCUT2D eigenvalue weighted by atomic mass is 16.2. The summed E-state index contributed by atoms with van der Waals surface area (Å²) in [6, 6.07) is 5.56. The SMILES string of the molecule is NCCC(=O)N/N=C\c1ccc2nccnc2c1. The summed E-state index contributed by atoms with van der Waals surface area (Å²) in [6.45, 7) is 0.312. The standard InChI is InChI=1S/C12H13N5O/c13-4-3-12(18)17-16-8-9-1-2-10-11(7-9)15-6-5-14-10/h1-2,5-8H,3-4,13H2,(H,17,18)/b16-8-. The summed E-state index contributed by atoms with van der Waals surface area (Å²) in [5.41, 5.74) is 10.1. The van der Waals surface area contributed by atoms with Crippen molar-refractivity contribution in [3.63, 3.8) is 0 Å². The van der Waals surface area contributed by atoms with Crippen LogP contribution < -0.4 is 11.2 Å². The molecule has 1 amide bonds. The first-order valence-electron chi connectivity index (χ1n) is 5.52. The number of nitrogens with zero attached hydrogens (tertiary/aromatic N) is 3. The molecule has 0 fully saturated rings. The minimum atomic E-state index is -0.200. The van der Waals surface area contributed by atoms with E-state index in [2.05, 4.69) is 20.5 Å². The number of benzene rings is 1. The Balaban J connectivity index is 2.07. The Morgan fingerprint density at radius 2 is 2.11 bits per heavy atom. The lowest BCUT2D eigenvalue weighted by atomic mass is 10.2. The summed E-state index contributed by atoms with van der Waals surface area (Å²) in [4.78, 5) is 19.5. The zero-order valence-corrected chi connectivity index (χ0v) is 9.71. The van der Waals surface area contributed by atoms with Crippen molar-refractivity contribution in [1.29, 1.82) is 0 Å². The number of amides is 1. The zero-order valence-electron chi connectivity index (χ0n) is 9.71. The maximum absolute atomic E-state index is 11.1. The van der Waals surface area contributed by atoms with Gasteiger partial charge in [-0.3, -0.25) is 14.8 Å². The number of nitrogens with one attached hydrogen (secondary N) is 1. The van der Waals surface area contributed by atoms with E-state index in [1.54, 1.807) is 18.6 Å². The molecule has 0 unspecified atom stereocenters. The van der Waals surface area contributed by atoms with Crippen LogP contribution in [0, 0.1) is 0 Å². The second-order valence-corrected chi connectivity index (χ2v) is 3.64. The molecule has 2 aromatic rings. The predicted molar refractivity (Wildman–Crippen MR) is 68.9 cm³/mol. The lowest BCUT2D eigenvalue weighted by molar-refractivity contribution is -0.120. The fourth-order valence-corrected chi connectivity index (χ4v) is 1.43. The number of aromatic nitrogens is 2. The summed E-state index contributed by atoms with van der Waals surface area (Å²) < 4.78 is 0. The highest BCUT2D eigenvalue weighted by molar-refractivity contribution is 5.87. The van der Waals surface area contributed by atoms with Crippen LogP contribution in [0.1, 0.15) is 12.0 Å². The Bertz CT molecular complexity index is 581. The van der Waals surface area contributed by atoms with Gasteiger partial charge < -0.3 is 5.73 Å². The fraction of sp³-hybridized carbons (Fsp3) is 0.167. The molecule has 0 radical (unpaired) electrons. The van der Waals surface area contributed by atoms with Gasteiger partial charge in [0.2, 0.25) is 5.91 Å². The van der Waals surface area contributed by atoms with E-state index < -0.39 is 0 Å². The number of carbonyl (C=O) groups excluding carboxylic acids is 1. The molecule has 1 heterocycles. The molecule has 1 aromatic heterocycles. The van der Waals surface area contributed by atoms with Crippen LogP contribution in [0.5, 0.6) is 0 Å². The average Bonchev–Trinajstić information content (AvgIpc) is 2.39. The Morgan fingerprint density at radius 3 is 2.89 bits per heavy atom. The predicted octanol–water partition coefficient (Wildman–Crippen LogP) is 0.429. The summed E-state index contributed by atoms with van der Waals surface area (Å²) in [5, 5.41) is 3.84. The molecular formula is C12H13N5O. The third kappa shape index (κ3) is 3.08. The quantitative estimate of drug-likeness (QED) is 0.601. The van der Waals surface area contributed by atoms with E-state index >= 15 is 0 Å². The van der Waals surface area contributed by atoms with Gasteiger partial charge in [-0.05, 0) is 17.7 Å². The molecule has 92 valence electrons. The van der Waals surface area contributed by atoms with E-state index in [0.717, 1.165) is 16.6 Å². The molecule has 0 aliphatic rings. The third-order valence-electron chi connectivity index (χ3n) is 2.27. The average molecular weight is 243 g/mol. The topological polar surface area (TPSA) is 93.3 Å². The molecule has 1 aromatic carbocycles. The number of hydrogen-bond acceptors (Lipinski definition) is 5. The normalized spacial score (nSPS) is 10.9. The van der Waals surface area contributed by atoms with Gasteiger partial charge in [0, 0.05) is 25.4 Å². The van der Waals surface area contributed by atoms with Gasteiger partial charge in [-0.25, -0.2) is 5.43 Å². The van der Waals surface area contributed by atoms with Gasteiger partial charge in [-0.15, -0.1) is 0 Å². The Morgan fingerprint density at radius 1 is 1.33 bits per heavy atom. The van der Waals surface area contributed by atoms with Crippen LogP contribution in [-0.4, -0.2) is 28.6 Å². The number of fused-ring (bicyclic) bond motifs is 1. The fourth-order valence-electron chi connectivity index (χ4n) is 1.43. The maximum atomic E-state index is 11.1. The second kappa shape index (κ2) is 5.83. The van der Waals surface area contributed by atoms with E-state index in [-0.39, 0.29) is 12.3 Å². The van der Waals surface area contributed by atoms with Crippen LogP contribution in [0.15, 0.2) is 35.7 Å². The first-order valence-corrected chi connectivity index (χ1v) is 5.52. The van der Waals surface area contributed by atoms with Gasteiger partial charge in [0.25, 0.3) is 0 Å². The smallest absolute Gasteiger partial charge is 0.241 e. The lowest BCUT2D eigenvalue weighted by Gasteiger charge is -1.98. The van der Waals surface area contributed by atoms with Gasteiger partial charge in [-0.1, -0.05) is 6.07 Å². The minimum absolute atomic E-state index is 0.200. The van der Waals surface area contributed by atoms with Gasteiger partial charge in [0.1, 0.15) is 0 Å². The maximum Gasteiger partial charge on any atom is 0.241 e. The van der Waals surface area contributed by atoms with E-state index in [4.69, 9.17) is 5.73 Å². The van der Waals surface area contributed by atoms with Crippen molar-refractivity contribution < 1.29 is 4.79 Å². The molecule has 0 aliphatic carbocycles. The van der Waals surface area contributed by atoms with E-state index in [1.807, 2.05) is 18.2 Å². The molecule has 6 nitrogen and oxygen atoms in total. The van der Waals surface area contributed by atoms with Crippen LogP contribution in [0.3, 0.4) is 0 Å². The van der Waals surface area contributed by atoms with Crippen LogP contribution >= 0.6 is 0 Å². The van der Waals surface area contributed by atoms with Crippen molar-refractivity contribution in [1.82, 2.24) is 15.4 Å². The van der Waals surface area contributed by atoms with Crippen molar-refractivity contribution in [2.45, 2.75) is 6.42 Å². The van der Waals surface area contributed by atoms with Crippen LogP contribution in [0.4, 0.5) is 0 Å². The van der Waals surface area contributed by atoms with Crippen molar-refractivity contribution in [3.05, 3.63) is 36.2 Å². The Labute approximate surface area is 104 Å². The summed E-state index contributed by atoms with van der Waals surface area (Å²) in [7, 11) is 0. The molecule has 0 spiro atoms. The van der Waals surface area contributed by atoms with Gasteiger partial charge in [0.05, 0.1) is 17.2 Å². The van der Waals surface area contributed by atoms with E-state index in [1.165, 1.54) is 0 Å². The molecule has 0 atom stereocenters. The van der Waals surface area contributed by atoms with Crippen LogP contribution in [-0.2, 0) is 4.79 Å². The monoisotopic (exact) mass is 243 g/mol. The molecule has 3 N–H and O–H groups in total. The highest BCUT2D eigenvalue weighted by Crippen LogP contribution is 2.08. The summed E-state index contributed by atoms with van der Waals surface area (Å²) >= 11 is 0. The molecule has 0 aliphatic heterocycles. The molecule has 18 heavy (non-hydrogen) atoms. The molecule has 0 saturated carbocycles. The van der Waals surface area contributed by atoms with Crippen molar-refractivity contribution in [3.8, 4) is 0 Å². The molecule has 0 bridgehead atoms. The Hall–Kier alpha value is -2.34.